The van der Waals surface area contributed by atoms with E-state index in [0.717, 1.165) is 19.0 Å². The molecule has 0 aromatic carbocycles. The number of rotatable bonds is 4. The highest BCUT2D eigenvalue weighted by molar-refractivity contribution is 5.92. The van der Waals surface area contributed by atoms with Gasteiger partial charge in [-0.05, 0) is 18.3 Å². The lowest BCUT2D eigenvalue weighted by Gasteiger charge is -2.38. The highest BCUT2D eigenvalue weighted by Gasteiger charge is 2.32. The number of aromatic carboxylic acids is 1. The molecule has 0 unspecified atom stereocenters. The number of carboxylic acids is 1. The monoisotopic (exact) mass is 249 g/mol. The van der Waals surface area contributed by atoms with Crippen molar-refractivity contribution in [3.8, 4) is 0 Å². The highest BCUT2D eigenvalue weighted by Crippen LogP contribution is 2.39. The van der Waals surface area contributed by atoms with Crippen molar-refractivity contribution in [1.29, 1.82) is 0 Å². The molecule has 1 aliphatic carbocycles. The van der Waals surface area contributed by atoms with E-state index >= 15 is 0 Å². The van der Waals surface area contributed by atoms with Crippen molar-refractivity contribution >= 4 is 11.9 Å². The quantitative estimate of drug-likeness (QED) is 0.833. The summed E-state index contributed by atoms with van der Waals surface area (Å²) in [5.74, 6) is -1.47. The minimum atomic E-state index is -1.16. The van der Waals surface area contributed by atoms with Gasteiger partial charge < -0.3 is 10.4 Å². The van der Waals surface area contributed by atoms with E-state index in [1.807, 2.05) is 0 Å². The highest BCUT2D eigenvalue weighted by atomic mass is 16.4. The number of carbonyl (C=O) groups is 2. The molecule has 0 saturated heterocycles. The zero-order valence-corrected chi connectivity index (χ0v) is 10.1. The van der Waals surface area contributed by atoms with Gasteiger partial charge in [-0.2, -0.15) is 0 Å². The van der Waals surface area contributed by atoms with Crippen LogP contribution in [-0.2, 0) is 0 Å². The smallest absolute Gasteiger partial charge is 0.356 e. The van der Waals surface area contributed by atoms with Crippen LogP contribution in [0.15, 0.2) is 12.4 Å². The second kappa shape index (κ2) is 4.72. The molecular weight excluding hydrogens is 234 g/mol. The fraction of sp³-hybridized carbons (Fsp3) is 0.500. The van der Waals surface area contributed by atoms with Crippen LogP contribution in [0.4, 0.5) is 0 Å². The number of carbonyl (C=O) groups excluding carboxylic acids is 1. The summed E-state index contributed by atoms with van der Waals surface area (Å²) in [6.07, 6.45) is 5.72. The average Bonchev–Trinajstić information content (AvgIpc) is 2.33. The lowest BCUT2D eigenvalue weighted by molar-refractivity contribution is 0.0688. The van der Waals surface area contributed by atoms with Gasteiger partial charge in [0.05, 0.1) is 12.4 Å². The Morgan fingerprint density at radius 3 is 2.39 bits per heavy atom. The molecule has 1 aliphatic rings. The summed E-state index contributed by atoms with van der Waals surface area (Å²) in [4.78, 5) is 29.8. The topological polar surface area (TPSA) is 92.2 Å². The molecule has 2 N–H and O–H groups in total. The van der Waals surface area contributed by atoms with Crippen LogP contribution in [0.1, 0.15) is 47.2 Å². The second-order valence-electron chi connectivity index (χ2n) is 4.94. The molecule has 0 bridgehead atoms. The maximum atomic E-state index is 11.8. The minimum absolute atomic E-state index is 0.142. The van der Waals surface area contributed by atoms with E-state index in [4.69, 9.17) is 5.11 Å². The molecule has 0 radical (unpaired) electrons. The zero-order valence-electron chi connectivity index (χ0n) is 10.1. The molecule has 1 fully saturated rings. The first-order valence-corrected chi connectivity index (χ1v) is 5.84. The third-order valence-corrected chi connectivity index (χ3v) is 3.34. The second-order valence-corrected chi connectivity index (χ2v) is 4.94. The number of nitrogens with one attached hydrogen (secondary N) is 1. The summed E-state index contributed by atoms with van der Waals surface area (Å²) in [5, 5.41) is 11.5. The van der Waals surface area contributed by atoms with Crippen molar-refractivity contribution in [1.82, 2.24) is 15.3 Å². The van der Waals surface area contributed by atoms with Crippen LogP contribution in [-0.4, -0.2) is 33.5 Å². The molecule has 96 valence electrons. The van der Waals surface area contributed by atoms with Crippen molar-refractivity contribution in [2.24, 2.45) is 5.41 Å². The van der Waals surface area contributed by atoms with Crippen LogP contribution in [0.2, 0.25) is 0 Å². The van der Waals surface area contributed by atoms with Crippen LogP contribution in [0.25, 0.3) is 0 Å². The maximum absolute atomic E-state index is 11.8. The van der Waals surface area contributed by atoms with Gasteiger partial charge in [0.25, 0.3) is 5.91 Å². The van der Waals surface area contributed by atoms with Crippen molar-refractivity contribution < 1.29 is 14.7 Å². The van der Waals surface area contributed by atoms with Gasteiger partial charge in [0.2, 0.25) is 0 Å². The lowest BCUT2D eigenvalue weighted by Crippen LogP contribution is -2.40. The van der Waals surface area contributed by atoms with Crippen LogP contribution in [0, 0.1) is 5.41 Å². The number of hydrogen-bond donors (Lipinski definition) is 2. The van der Waals surface area contributed by atoms with Crippen LogP contribution >= 0.6 is 0 Å². The van der Waals surface area contributed by atoms with Gasteiger partial charge in [-0.3, -0.25) is 4.79 Å². The number of carboxylic acid groups (broad SMARTS) is 1. The Labute approximate surface area is 104 Å². The Hall–Kier alpha value is -1.98. The molecule has 0 spiro atoms. The van der Waals surface area contributed by atoms with E-state index in [0.29, 0.717) is 6.54 Å². The van der Waals surface area contributed by atoms with Gasteiger partial charge in [-0.15, -0.1) is 0 Å². The predicted molar refractivity (Wildman–Crippen MR) is 63.3 cm³/mol. The Bertz CT molecular complexity index is 466. The van der Waals surface area contributed by atoms with E-state index in [1.165, 1.54) is 12.6 Å². The summed E-state index contributed by atoms with van der Waals surface area (Å²) in [7, 11) is 0. The molecule has 1 heterocycles. The fourth-order valence-electron chi connectivity index (χ4n) is 1.90. The Kier molecular flexibility index (Phi) is 3.27. The largest absolute Gasteiger partial charge is 0.476 e. The summed E-state index contributed by atoms with van der Waals surface area (Å²) < 4.78 is 0. The van der Waals surface area contributed by atoms with E-state index in [-0.39, 0.29) is 22.7 Å². The molecule has 2 rings (SSSR count). The molecule has 1 saturated carbocycles. The molecule has 0 aliphatic heterocycles. The first kappa shape index (κ1) is 12.5. The molecule has 6 heteroatoms. The summed E-state index contributed by atoms with van der Waals surface area (Å²) >= 11 is 0. The Morgan fingerprint density at radius 1 is 1.33 bits per heavy atom. The Morgan fingerprint density at radius 2 is 1.94 bits per heavy atom. The van der Waals surface area contributed by atoms with E-state index in [2.05, 4.69) is 22.2 Å². The van der Waals surface area contributed by atoms with Gasteiger partial charge in [0, 0.05) is 6.54 Å². The van der Waals surface area contributed by atoms with Gasteiger partial charge in [-0.1, -0.05) is 13.3 Å². The molecule has 1 amide bonds. The van der Waals surface area contributed by atoms with Crippen LogP contribution in [0.3, 0.4) is 0 Å². The first-order chi connectivity index (χ1) is 8.50. The molecule has 0 atom stereocenters. The molecule has 18 heavy (non-hydrogen) atoms. The number of nitrogens with zero attached hydrogens (tertiary/aromatic N) is 2. The van der Waals surface area contributed by atoms with Crippen molar-refractivity contribution in [2.75, 3.05) is 6.54 Å². The van der Waals surface area contributed by atoms with E-state index in [9.17, 15) is 9.59 Å². The van der Waals surface area contributed by atoms with Crippen LogP contribution in [0.5, 0.6) is 0 Å². The summed E-state index contributed by atoms with van der Waals surface area (Å²) in [6.45, 7) is 2.75. The summed E-state index contributed by atoms with van der Waals surface area (Å²) in [6, 6.07) is 0. The van der Waals surface area contributed by atoms with E-state index < -0.39 is 5.97 Å². The minimum Gasteiger partial charge on any atom is -0.476 e. The van der Waals surface area contributed by atoms with Gasteiger partial charge in [0.1, 0.15) is 5.69 Å². The van der Waals surface area contributed by atoms with Crippen molar-refractivity contribution in [3.63, 3.8) is 0 Å². The van der Waals surface area contributed by atoms with Gasteiger partial charge in [-0.25, -0.2) is 14.8 Å². The summed E-state index contributed by atoms with van der Waals surface area (Å²) in [5.41, 5.74) is 0.171. The Balaban J connectivity index is 1.94. The average molecular weight is 249 g/mol. The maximum Gasteiger partial charge on any atom is 0.356 e. The number of aromatic nitrogens is 2. The molecular formula is C12H15N3O3. The van der Waals surface area contributed by atoms with Gasteiger partial charge in [0.15, 0.2) is 5.69 Å². The zero-order chi connectivity index (χ0) is 13.2. The standard InChI is InChI=1S/C12H15N3O3/c1-12(3-2-4-12)7-15-10(16)8-5-14-9(6-13-8)11(17)18/h5-6H,2-4,7H2,1H3,(H,15,16)(H,17,18). The van der Waals surface area contributed by atoms with Crippen molar-refractivity contribution in [2.45, 2.75) is 26.2 Å². The normalized spacial score (nSPS) is 16.7. The molecule has 6 nitrogen and oxygen atoms in total. The predicted octanol–water partition coefficient (Wildman–Crippen LogP) is 1.09. The third kappa shape index (κ3) is 2.64. The van der Waals surface area contributed by atoms with E-state index in [1.54, 1.807) is 0 Å². The fourth-order valence-corrected chi connectivity index (χ4v) is 1.90. The van der Waals surface area contributed by atoms with Crippen LogP contribution < -0.4 is 5.32 Å². The third-order valence-electron chi connectivity index (χ3n) is 3.34. The number of amides is 1. The SMILES string of the molecule is CC1(CNC(=O)c2cnc(C(=O)O)cn2)CCC1. The lowest BCUT2D eigenvalue weighted by atomic mass is 9.70. The number of hydrogen-bond acceptors (Lipinski definition) is 4. The van der Waals surface area contributed by atoms with Crippen molar-refractivity contribution in [3.05, 3.63) is 23.8 Å². The molecule has 1 aromatic heterocycles. The van der Waals surface area contributed by atoms with Gasteiger partial charge >= 0.3 is 5.97 Å². The molecule has 1 aromatic rings. The first-order valence-electron chi connectivity index (χ1n) is 5.84.